The number of methoxy groups -OCH3 is 1. The summed E-state index contributed by atoms with van der Waals surface area (Å²) >= 11 is 6.16. The number of imidazole rings is 1. The lowest BCUT2D eigenvalue weighted by molar-refractivity contribution is 0.0989. The number of anilines is 1. The molecule has 0 saturated carbocycles. The number of carbonyl (C=O) groups excluding carboxylic acids is 1. The van der Waals surface area contributed by atoms with Crippen LogP contribution in [0.15, 0.2) is 48.7 Å². The third-order valence-electron chi connectivity index (χ3n) is 6.07. The second-order valence-electron chi connectivity index (χ2n) is 8.22. The first-order valence-corrected chi connectivity index (χ1v) is 11.2. The standard InChI is InChI=1S/C24H19ClN8O2/c1-12-11-16(27-22-17(12)30-31-32(22)2)33-20(13-6-8-14(25)9-7-13)18-19(24(33)34)29-21(28-18)15-5-4-10-26-23(15)35-3/h4-11,20H,1-3H3,(H,28,29)/t20-/m0/s1. The van der Waals surface area contributed by atoms with Crippen molar-refractivity contribution >= 4 is 34.5 Å². The molecule has 1 aromatic carbocycles. The summed E-state index contributed by atoms with van der Waals surface area (Å²) in [5.74, 6) is 1.13. The number of aromatic amines is 1. The summed E-state index contributed by atoms with van der Waals surface area (Å²) in [6.45, 7) is 1.92. The van der Waals surface area contributed by atoms with Crippen molar-refractivity contribution in [3.63, 3.8) is 0 Å². The average Bonchev–Trinajstić information content (AvgIpc) is 3.53. The van der Waals surface area contributed by atoms with Gasteiger partial charge in [0, 0.05) is 18.3 Å². The lowest BCUT2D eigenvalue weighted by atomic mass is 10.0. The number of carbonyl (C=O) groups is 1. The fraction of sp³-hybridized carbons (Fsp3) is 0.167. The van der Waals surface area contributed by atoms with Gasteiger partial charge in [-0.25, -0.2) is 19.6 Å². The van der Waals surface area contributed by atoms with Crippen LogP contribution in [-0.4, -0.2) is 47.9 Å². The Labute approximate surface area is 204 Å². The molecule has 0 aliphatic carbocycles. The van der Waals surface area contributed by atoms with Crippen LogP contribution >= 0.6 is 11.6 Å². The summed E-state index contributed by atoms with van der Waals surface area (Å²) in [7, 11) is 3.31. The summed E-state index contributed by atoms with van der Waals surface area (Å²) in [5, 5.41) is 8.85. The second kappa shape index (κ2) is 7.88. The number of ether oxygens (including phenoxy) is 1. The van der Waals surface area contributed by atoms with E-state index >= 15 is 0 Å². The average molecular weight is 487 g/mol. The molecule has 10 nitrogen and oxygen atoms in total. The van der Waals surface area contributed by atoms with Crippen molar-refractivity contribution in [2.45, 2.75) is 13.0 Å². The number of nitrogens with zero attached hydrogens (tertiary/aromatic N) is 7. The first kappa shape index (κ1) is 21.2. The van der Waals surface area contributed by atoms with Gasteiger partial charge in [0.1, 0.15) is 23.2 Å². The van der Waals surface area contributed by atoms with Gasteiger partial charge in [-0.1, -0.05) is 28.9 Å². The maximum Gasteiger partial charge on any atom is 0.280 e. The number of halogens is 1. The van der Waals surface area contributed by atoms with Crippen molar-refractivity contribution < 1.29 is 9.53 Å². The van der Waals surface area contributed by atoms with Gasteiger partial charge in [-0.2, -0.15) is 0 Å². The highest BCUT2D eigenvalue weighted by atomic mass is 35.5. The van der Waals surface area contributed by atoms with Gasteiger partial charge in [0.2, 0.25) is 5.88 Å². The molecule has 0 saturated heterocycles. The molecule has 0 spiro atoms. The molecule has 0 unspecified atom stereocenters. The van der Waals surface area contributed by atoms with Crippen LogP contribution in [0.25, 0.3) is 22.6 Å². The van der Waals surface area contributed by atoms with E-state index in [4.69, 9.17) is 21.3 Å². The number of H-pyrrole nitrogens is 1. The largest absolute Gasteiger partial charge is 0.480 e. The monoisotopic (exact) mass is 486 g/mol. The van der Waals surface area contributed by atoms with E-state index in [1.807, 2.05) is 31.2 Å². The highest BCUT2D eigenvalue weighted by molar-refractivity contribution is 6.30. The molecule has 1 aliphatic rings. The zero-order valence-electron chi connectivity index (χ0n) is 19.0. The summed E-state index contributed by atoms with van der Waals surface area (Å²) in [6.07, 6.45) is 1.64. The Morgan fingerprint density at radius 2 is 1.94 bits per heavy atom. The first-order valence-electron chi connectivity index (χ1n) is 10.8. The van der Waals surface area contributed by atoms with Crippen LogP contribution < -0.4 is 9.64 Å². The molecule has 1 atom stereocenters. The van der Waals surface area contributed by atoms with Crippen molar-refractivity contribution in [1.29, 1.82) is 0 Å². The van der Waals surface area contributed by atoms with Gasteiger partial charge in [0.05, 0.1) is 18.4 Å². The Balaban J connectivity index is 1.54. The molecule has 35 heavy (non-hydrogen) atoms. The highest BCUT2D eigenvalue weighted by Gasteiger charge is 2.43. The van der Waals surface area contributed by atoms with Crippen LogP contribution in [0.3, 0.4) is 0 Å². The molecule has 1 aliphatic heterocycles. The summed E-state index contributed by atoms with van der Waals surface area (Å²) in [4.78, 5) is 32.5. The fourth-order valence-electron chi connectivity index (χ4n) is 4.43. The molecule has 0 radical (unpaired) electrons. The number of nitrogens with one attached hydrogen (secondary N) is 1. The van der Waals surface area contributed by atoms with E-state index in [0.29, 0.717) is 50.7 Å². The molecular formula is C24H19ClN8O2. The minimum Gasteiger partial charge on any atom is -0.480 e. The minimum absolute atomic E-state index is 0.272. The van der Waals surface area contributed by atoms with Crippen LogP contribution in [0.5, 0.6) is 5.88 Å². The zero-order chi connectivity index (χ0) is 24.3. The van der Waals surface area contributed by atoms with E-state index in [2.05, 4.69) is 25.3 Å². The Kier molecular flexibility index (Phi) is 4.78. The Morgan fingerprint density at radius 3 is 2.71 bits per heavy atom. The van der Waals surface area contributed by atoms with Crippen LogP contribution in [0.2, 0.25) is 5.02 Å². The third-order valence-corrected chi connectivity index (χ3v) is 6.33. The predicted octanol–water partition coefficient (Wildman–Crippen LogP) is 3.87. The van der Waals surface area contributed by atoms with E-state index in [9.17, 15) is 4.79 Å². The number of aryl methyl sites for hydroxylation is 2. The number of fused-ring (bicyclic) bond motifs is 2. The van der Waals surface area contributed by atoms with Crippen LogP contribution in [-0.2, 0) is 7.05 Å². The summed E-state index contributed by atoms with van der Waals surface area (Å²) < 4.78 is 6.99. The van der Waals surface area contributed by atoms with E-state index in [1.165, 1.54) is 0 Å². The van der Waals surface area contributed by atoms with Gasteiger partial charge in [-0.15, -0.1) is 5.10 Å². The number of benzene rings is 1. The van der Waals surface area contributed by atoms with Gasteiger partial charge >= 0.3 is 0 Å². The zero-order valence-corrected chi connectivity index (χ0v) is 19.8. The van der Waals surface area contributed by atoms with Gasteiger partial charge < -0.3 is 9.72 Å². The van der Waals surface area contributed by atoms with Crippen LogP contribution in [0.1, 0.15) is 33.4 Å². The third kappa shape index (κ3) is 3.25. The van der Waals surface area contributed by atoms with Gasteiger partial charge in [0.15, 0.2) is 11.3 Å². The maximum absolute atomic E-state index is 13.8. The molecule has 4 aromatic heterocycles. The van der Waals surface area contributed by atoms with Crippen molar-refractivity contribution in [3.8, 4) is 17.3 Å². The molecule has 5 aromatic rings. The second-order valence-corrected chi connectivity index (χ2v) is 8.66. The first-order chi connectivity index (χ1) is 17.0. The molecular weight excluding hydrogens is 468 g/mol. The Morgan fingerprint density at radius 1 is 1.14 bits per heavy atom. The number of hydrogen-bond donors (Lipinski definition) is 1. The topological polar surface area (TPSA) is 115 Å². The molecule has 11 heteroatoms. The van der Waals surface area contributed by atoms with Gasteiger partial charge in [0.25, 0.3) is 5.91 Å². The minimum atomic E-state index is -0.496. The van der Waals surface area contributed by atoms with E-state index < -0.39 is 6.04 Å². The normalized spacial score (nSPS) is 15.1. The summed E-state index contributed by atoms with van der Waals surface area (Å²) in [5.41, 5.74) is 4.63. The molecule has 1 amide bonds. The smallest absolute Gasteiger partial charge is 0.280 e. The number of hydrogen-bond acceptors (Lipinski definition) is 7. The predicted molar refractivity (Wildman–Crippen MR) is 130 cm³/mol. The van der Waals surface area contributed by atoms with Crippen molar-refractivity contribution in [3.05, 3.63) is 76.2 Å². The molecule has 5 heterocycles. The van der Waals surface area contributed by atoms with Crippen LogP contribution in [0, 0.1) is 6.92 Å². The van der Waals surface area contributed by atoms with Crippen molar-refractivity contribution in [2.75, 3.05) is 12.0 Å². The fourth-order valence-corrected chi connectivity index (χ4v) is 4.55. The number of rotatable bonds is 4. The lowest BCUT2D eigenvalue weighted by Gasteiger charge is -2.25. The van der Waals surface area contributed by atoms with Gasteiger partial charge in [-0.05, 0) is 48.4 Å². The van der Waals surface area contributed by atoms with Gasteiger partial charge in [-0.3, -0.25) is 9.69 Å². The Bertz CT molecular complexity index is 1610. The van der Waals surface area contributed by atoms with Crippen molar-refractivity contribution in [1.82, 2.24) is 34.9 Å². The number of amides is 1. The SMILES string of the molecule is COc1ncccc1-c1nc2c([nH]1)[C@H](c1ccc(Cl)cc1)N(c1cc(C)c3nnn(C)c3n1)C2=O. The lowest BCUT2D eigenvalue weighted by Crippen LogP contribution is -2.30. The molecule has 0 bridgehead atoms. The molecule has 174 valence electrons. The molecule has 0 fully saturated rings. The van der Waals surface area contributed by atoms with E-state index in [0.717, 1.165) is 11.1 Å². The van der Waals surface area contributed by atoms with E-state index in [1.54, 1.807) is 48.1 Å². The highest BCUT2D eigenvalue weighted by Crippen LogP contribution is 2.42. The molecule has 1 N–H and O–H groups in total. The Hall–Kier alpha value is -4.31. The maximum atomic E-state index is 13.8. The summed E-state index contributed by atoms with van der Waals surface area (Å²) in [6, 6.07) is 12.4. The number of pyridine rings is 2. The van der Waals surface area contributed by atoms with E-state index in [-0.39, 0.29) is 5.91 Å². The number of aromatic nitrogens is 7. The molecule has 6 rings (SSSR count). The van der Waals surface area contributed by atoms with Crippen molar-refractivity contribution in [2.24, 2.45) is 7.05 Å². The quantitative estimate of drug-likeness (QED) is 0.410. The van der Waals surface area contributed by atoms with Crippen LogP contribution in [0.4, 0.5) is 5.82 Å².